The van der Waals surface area contributed by atoms with E-state index in [1.807, 2.05) is 61.5 Å². The summed E-state index contributed by atoms with van der Waals surface area (Å²) in [5.74, 6) is -0.193. The van der Waals surface area contributed by atoms with Crippen molar-refractivity contribution in [3.8, 4) is 11.1 Å². The van der Waals surface area contributed by atoms with Crippen LogP contribution in [-0.4, -0.2) is 22.8 Å². The molecular weight excluding hydrogens is 386 g/mol. The molecule has 1 fully saturated rings. The molecule has 0 saturated heterocycles. The summed E-state index contributed by atoms with van der Waals surface area (Å²) in [4.78, 5) is 29.5. The summed E-state index contributed by atoms with van der Waals surface area (Å²) in [7, 11) is 0. The Morgan fingerprint density at radius 2 is 1.55 bits per heavy atom. The van der Waals surface area contributed by atoms with E-state index in [0.717, 1.165) is 29.5 Å². The van der Waals surface area contributed by atoms with E-state index in [2.05, 4.69) is 15.6 Å². The minimum absolute atomic E-state index is 0.0441. The fourth-order valence-electron chi connectivity index (χ4n) is 4.04. The average Bonchev–Trinajstić information content (AvgIpc) is 3.33. The highest BCUT2D eigenvalue weighted by molar-refractivity contribution is 5.96. The Morgan fingerprint density at radius 3 is 2.29 bits per heavy atom. The maximum Gasteiger partial charge on any atom is 0.251 e. The number of nitrogens with zero attached hydrogens (tertiary/aromatic N) is 1. The summed E-state index contributed by atoms with van der Waals surface area (Å²) >= 11 is 0. The first-order valence-electron chi connectivity index (χ1n) is 10.8. The van der Waals surface area contributed by atoms with Crippen LogP contribution in [0.2, 0.25) is 0 Å². The SMILES string of the molecule is C[C@@H](NC(=O)c1cccc(-c2ccncc2)c1)c1cccc(C(=O)NC2CCCC2)c1. The number of carbonyl (C=O) groups is 2. The molecule has 5 nitrogen and oxygen atoms in total. The van der Waals surface area contributed by atoms with Crippen molar-refractivity contribution in [3.63, 3.8) is 0 Å². The lowest BCUT2D eigenvalue weighted by Gasteiger charge is -2.17. The molecule has 0 unspecified atom stereocenters. The lowest BCUT2D eigenvalue weighted by molar-refractivity contribution is 0.0933. The minimum Gasteiger partial charge on any atom is -0.349 e. The molecule has 1 saturated carbocycles. The number of nitrogens with one attached hydrogen (secondary N) is 2. The third kappa shape index (κ3) is 5.18. The smallest absolute Gasteiger partial charge is 0.251 e. The van der Waals surface area contributed by atoms with Crippen LogP contribution < -0.4 is 10.6 Å². The quantitative estimate of drug-likeness (QED) is 0.603. The number of hydrogen-bond donors (Lipinski definition) is 2. The van der Waals surface area contributed by atoms with Crippen LogP contribution in [0.25, 0.3) is 11.1 Å². The van der Waals surface area contributed by atoms with E-state index < -0.39 is 0 Å². The number of pyridine rings is 1. The maximum atomic E-state index is 12.9. The monoisotopic (exact) mass is 413 g/mol. The van der Waals surface area contributed by atoms with Crippen molar-refractivity contribution in [3.05, 3.63) is 89.7 Å². The van der Waals surface area contributed by atoms with Crippen LogP contribution in [0.5, 0.6) is 0 Å². The molecule has 1 aliphatic rings. The number of benzene rings is 2. The van der Waals surface area contributed by atoms with Gasteiger partial charge in [0.15, 0.2) is 0 Å². The first-order chi connectivity index (χ1) is 15.1. The van der Waals surface area contributed by atoms with Crippen LogP contribution in [0.4, 0.5) is 0 Å². The van der Waals surface area contributed by atoms with Crippen LogP contribution in [0.15, 0.2) is 73.1 Å². The van der Waals surface area contributed by atoms with E-state index in [9.17, 15) is 9.59 Å². The van der Waals surface area contributed by atoms with Crippen molar-refractivity contribution < 1.29 is 9.59 Å². The number of aromatic nitrogens is 1. The van der Waals surface area contributed by atoms with Crippen LogP contribution in [0.3, 0.4) is 0 Å². The molecule has 1 aliphatic carbocycles. The highest BCUT2D eigenvalue weighted by Gasteiger charge is 2.19. The summed E-state index contributed by atoms with van der Waals surface area (Å²) in [5, 5.41) is 6.17. The molecule has 4 rings (SSSR count). The van der Waals surface area contributed by atoms with Gasteiger partial charge in [-0.2, -0.15) is 0 Å². The molecule has 0 bridgehead atoms. The second-order valence-corrected chi connectivity index (χ2v) is 8.09. The Kier molecular flexibility index (Phi) is 6.41. The zero-order valence-electron chi connectivity index (χ0n) is 17.7. The Morgan fingerprint density at radius 1 is 0.871 bits per heavy atom. The van der Waals surface area contributed by atoms with Crippen LogP contribution in [0.1, 0.15) is 64.9 Å². The molecule has 0 spiro atoms. The minimum atomic E-state index is -0.226. The van der Waals surface area contributed by atoms with Gasteiger partial charge in [-0.3, -0.25) is 14.6 Å². The first kappa shape index (κ1) is 20.8. The van der Waals surface area contributed by atoms with E-state index in [4.69, 9.17) is 0 Å². The normalized spacial score (nSPS) is 14.7. The molecule has 1 aromatic heterocycles. The molecule has 0 aliphatic heterocycles. The van der Waals surface area contributed by atoms with E-state index in [1.165, 1.54) is 12.8 Å². The van der Waals surface area contributed by atoms with E-state index in [0.29, 0.717) is 11.1 Å². The third-order valence-corrected chi connectivity index (χ3v) is 5.83. The molecular formula is C26H27N3O2. The third-order valence-electron chi connectivity index (χ3n) is 5.83. The van der Waals surface area contributed by atoms with Crippen molar-refractivity contribution in [1.82, 2.24) is 15.6 Å². The van der Waals surface area contributed by atoms with Crippen molar-refractivity contribution in [2.24, 2.45) is 0 Å². The standard InChI is InChI=1S/C26H27N3O2/c1-18(20-6-4-8-22(16-20)26(31)29-24-10-2-3-11-24)28-25(30)23-9-5-7-21(17-23)19-12-14-27-15-13-19/h4-9,12-18,24H,2-3,10-11H2,1H3,(H,28,30)(H,29,31)/t18-/m1/s1. The molecule has 2 amide bonds. The Hall–Kier alpha value is -3.47. The molecule has 1 heterocycles. The summed E-state index contributed by atoms with van der Waals surface area (Å²) in [6.07, 6.45) is 7.93. The van der Waals surface area contributed by atoms with E-state index in [1.54, 1.807) is 18.5 Å². The first-order valence-corrected chi connectivity index (χ1v) is 10.8. The lowest BCUT2D eigenvalue weighted by Crippen LogP contribution is -2.32. The molecule has 1 atom stereocenters. The Bertz CT molecular complexity index is 1060. The summed E-state index contributed by atoms with van der Waals surface area (Å²) < 4.78 is 0. The van der Waals surface area contributed by atoms with Crippen molar-refractivity contribution >= 4 is 11.8 Å². The maximum absolute atomic E-state index is 12.9. The number of amides is 2. The fraction of sp³-hybridized carbons (Fsp3) is 0.269. The second kappa shape index (κ2) is 9.56. The predicted octanol–water partition coefficient (Wildman–Crippen LogP) is 4.91. The summed E-state index contributed by atoms with van der Waals surface area (Å²) in [6, 6.07) is 18.9. The van der Waals surface area contributed by atoms with Gasteiger partial charge in [0.1, 0.15) is 0 Å². The van der Waals surface area contributed by atoms with Gasteiger partial charge in [-0.15, -0.1) is 0 Å². The zero-order valence-corrected chi connectivity index (χ0v) is 17.7. The van der Waals surface area contributed by atoms with Crippen molar-refractivity contribution in [1.29, 1.82) is 0 Å². The summed E-state index contributed by atoms with van der Waals surface area (Å²) in [5.41, 5.74) is 4.10. The molecule has 2 N–H and O–H groups in total. The fourth-order valence-corrected chi connectivity index (χ4v) is 4.04. The highest BCUT2D eigenvalue weighted by Crippen LogP contribution is 2.21. The molecule has 0 radical (unpaired) electrons. The van der Waals surface area contributed by atoms with Crippen LogP contribution in [-0.2, 0) is 0 Å². The van der Waals surface area contributed by atoms with E-state index >= 15 is 0 Å². The van der Waals surface area contributed by atoms with Crippen molar-refractivity contribution in [2.75, 3.05) is 0 Å². The van der Waals surface area contributed by atoms with Crippen LogP contribution >= 0.6 is 0 Å². The second-order valence-electron chi connectivity index (χ2n) is 8.09. The molecule has 5 heteroatoms. The van der Waals surface area contributed by atoms with Gasteiger partial charge in [0.2, 0.25) is 0 Å². The summed E-state index contributed by atoms with van der Waals surface area (Å²) in [6.45, 7) is 1.93. The van der Waals surface area contributed by atoms with Gasteiger partial charge in [0.25, 0.3) is 11.8 Å². The molecule has 2 aromatic carbocycles. The molecule has 3 aromatic rings. The van der Waals surface area contributed by atoms with E-state index in [-0.39, 0.29) is 23.9 Å². The number of hydrogen-bond acceptors (Lipinski definition) is 3. The number of carbonyl (C=O) groups excluding carboxylic acids is 2. The highest BCUT2D eigenvalue weighted by atomic mass is 16.2. The van der Waals surface area contributed by atoms with Crippen LogP contribution in [0, 0.1) is 0 Å². The average molecular weight is 414 g/mol. The largest absolute Gasteiger partial charge is 0.349 e. The number of rotatable bonds is 6. The topological polar surface area (TPSA) is 71.1 Å². The van der Waals surface area contributed by atoms with Gasteiger partial charge in [0.05, 0.1) is 6.04 Å². The Balaban J connectivity index is 1.44. The van der Waals surface area contributed by atoms with Gasteiger partial charge in [-0.25, -0.2) is 0 Å². The van der Waals surface area contributed by atoms with Gasteiger partial charge in [0, 0.05) is 29.6 Å². The molecule has 158 valence electrons. The lowest BCUT2D eigenvalue weighted by atomic mass is 10.0. The van der Waals surface area contributed by atoms with Gasteiger partial charge in [-0.05, 0) is 72.9 Å². The molecule has 31 heavy (non-hydrogen) atoms. The van der Waals surface area contributed by atoms with Crippen molar-refractivity contribution in [2.45, 2.75) is 44.7 Å². The Labute approximate surface area is 182 Å². The zero-order chi connectivity index (χ0) is 21.6. The van der Waals surface area contributed by atoms with Gasteiger partial charge in [-0.1, -0.05) is 37.1 Å². The van der Waals surface area contributed by atoms with Gasteiger partial charge >= 0.3 is 0 Å². The van der Waals surface area contributed by atoms with Gasteiger partial charge < -0.3 is 10.6 Å². The predicted molar refractivity (Wildman–Crippen MR) is 122 cm³/mol.